The van der Waals surface area contributed by atoms with Crippen molar-refractivity contribution in [3.8, 4) is 0 Å². The second-order valence-electron chi connectivity index (χ2n) is 3.82. The third-order valence-electron chi connectivity index (χ3n) is 2.33. The lowest BCUT2D eigenvalue weighted by Gasteiger charge is -2.43. The highest BCUT2D eigenvalue weighted by Gasteiger charge is 2.73. The molecule has 0 heterocycles. The molecule has 1 fully saturated rings. The van der Waals surface area contributed by atoms with Gasteiger partial charge in [0.15, 0.2) is 0 Å². The average Bonchev–Trinajstić information content (AvgIpc) is 2.26. The second-order valence-corrected chi connectivity index (χ2v) is 7.97. The highest BCUT2D eigenvalue weighted by molar-refractivity contribution is 8.55. The molecule has 3 nitrogen and oxygen atoms in total. The maximum Gasteiger partial charge on any atom is 0.389 e. The van der Waals surface area contributed by atoms with E-state index in [-0.39, 0.29) is 6.61 Å². The van der Waals surface area contributed by atoms with Crippen molar-refractivity contribution in [2.75, 3.05) is 12.4 Å². The van der Waals surface area contributed by atoms with Gasteiger partial charge in [-0.15, -0.1) is 0 Å². The second kappa shape index (κ2) is 5.69. The van der Waals surface area contributed by atoms with Crippen molar-refractivity contribution in [2.45, 2.75) is 44.6 Å². The topological polar surface area (TPSA) is 35.5 Å². The number of halogens is 4. The van der Waals surface area contributed by atoms with E-state index in [1.54, 1.807) is 6.92 Å². The minimum absolute atomic E-state index is 0.00266. The van der Waals surface area contributed by atoms with Crippen molar-refractivity contribution in [1.82, 2.24) is 0 Å². The summed E-state index contributed by atoms with van der Waals surface area (Å²) in [5.74, 6) is -8.00. The van der Waals surface area contributed by atoms with E-state index in [0.29, 0.717) is 12.2 Å². The van der Waals surface area contributed by atoms with Crippen LogP contribution in [0.4, 0.5) is 17.6 Å². The fourth-order valence-corrected chi connectivity index (χ4v) is 5.01. The van der Waals surface area contributed by atoms with Crippen LogP contribution in [-0.4, -0.2) is 30.3 Å². The van der Waals surface area contributed by atoms with Crippen LogP contribution in [0.1, 0.15) is 26.7 Å². The average molecular weight is 310 g/mol. The lowest BCUT2D eigenvalue weighted by molar-refractivity contribution is -0.324. The summed E-state index contributed by atoms with van der Waals surface area (Å²) in [6.07, 6.45) is -2.54. The van der Waals surface area contributed by atoms with Crippen LogP contribution in [0.25, 0.3) is 0 Å². The van der Waals surface area contributed by atoms with Gasteiger partial charge < -0.3 is 4.52 Å². The number of hydrogen-bond donors (Lipinski definition) is 0. The van der Waals surface area contributed by atoms with E-state index < -0.39 is 31.2 Å². The van der Waals surface area contributed by atoms with E-state index in [1.165, 1.54) is 6.92 Å². The first-order chi connectivity index (χ1) is 8.18. The molecule has 1 aliphatic rings. The molecular formula is C9H15F4O3PS. The van der Waals surface area contributed by atoms with E-state index in [1.807, 2.05) is 0 Å². The standard InChI is InChI=1S/C9H15F4O3PS/c1-3-5-18-17(14,15-4-2)16-7-6-8(10,11)9(7,12)13/h7H,3-6H2,1-2H3. The molecule has 0 amide bonds. The van der Waals surface area contributed by atoms with Crippen LogP contribution < -0.4 is 0 Å². The smallest absolute Gasteiger partial charge is 0.301 e. The minimum atomic E-state index is -4.29. The summed E-state index contributed by atoms with van der Waals surface area (Å²) in [5, 5.41) is 0. The van der Waals surface area contributed by atoms with Crippen LogP contribution in [0.3, 0.4) is 0 Å². The molecule has 0 aromatic carbocycles. The molecule has 1 rings (SSSR count). The highest BCUT2D eigenvalue weighted by atomic mass is 32.7. The van der Waals surface area contributed by atoms with Gasteiger partial charge in [0.05, 0.1) is 13.0 Å². The molecule has 1 aliphatic carbocycles. The Morgan fingerprint density at radius 1 is 1.33 bits per heavy atom. The predicted octanol–water partition coefficient (Wildman–Crippen LogP) is 4.33. The summed E-state index contributed by atoms with van der Waals surface area (Å²) in [6, 6.07) is 0. The Labute approximate surface area is 107 Å². The van der Waals surface area contributed by atoms with Crippen LogP contribution >= 0.6 is 18.2 Å². The Balaban J connectivity index is 2.66. The van der Waals surface area contributed by atoms with Crippen LogP contribution in [0.5, 0.6) is 0 Å². The summed E-state index contributed by atoms with van der Waals surface area (Å²) in [6.45, 7) is -0.463. The van der Waals surface area contributed by atoms with E-state index in [2.05, 4.69) is 4.52 Å². The Morgan fingerprint density at radius 3 is 2.33 bits per heavy atom. The fourth-order valence-electron chi connectivity index (χ4n) is 1.32. The molecule has 0 spiro atoms. The Morgan fingerprint density at radius 2 is 1.94 bits per heavy atom. The van der Waals surface area contributed by atoms with Crippen LogP contribution in [-0.2, 0) is 13.6 Å². The van der Waals surface area contributed by atoms with E-state index in [0.717, 1.165) is 11.4 Å². The van der Waals surface area contributed by atoms with Gasteiger partial charge in [-0.1, -0.05) is 6.92 Å². The molecule has 0 bridgehead atoms. The van der Waals surface area contributed by atoms with Crippen molar-refractivity contribution in [2.24, 2.45) is 0 Å². The summed E-state index contributed by atoms with van der Waals surface area (Å²) in [7, 11) is 0. The lowest BCUT2D eigenvalue weighted by Crippen LogP contribution is -2.62. The number of rotatable bonds is 7. The Kier molecular flexibility index (Phi) is 5.14. The van der Waals surface area contributed by atoms with Gasteiger partial charge in [0.2, 0.25) is 0 Å². The maximum atomic E-state index is 13.0. The van der Waals surface area contributed by atoms with Gasteiger partial charge >= 0.3 is 18.6 Å². The van der Waals surface area contributed by atoms with Gasteiger partial charge in [-0.05, 0) is 24.7 Å². The van der Waals surface area contributed by atoms with Crippen molar-refractivity contribution in [3.63, 3.8) is 0 Å². The molecule has 2 unspecified atom stereocenters. The predicted molar refractivity (Wildman–Crippen MR) is 61.4 cm³/mol. The molecule has 0 N–H and O–H groups in total. The zero-order chi connectivity index (χ0) is 14.0. The van der Waals surface area contributed by atoms with E-state index >= 15 is 0 Å². The van der Waals surface area contributed by atoms with Crippen molar-refractivity contribution in [3.05, 3.63) is 0 Å². The van der Waals surface area contributed by atoms with Gasteiger partial charge in [-0.2, -0.15) is 17.6 Å². The molecule has 0 saturated heterocycles. The van der Waals surface area contributed by atoms with Gasteiger partial charge in [-0.3, -0.25) is 4.52 Å². The third-order valence-corrected chi connectivity index (χ3v) is 6.40. The summed E-state index contributed by atoms with van der Waals surface area (Å²) < 4.78 is 72.7. The first-order valence-corrected chi connectivity index (χ1v) is 8.65. The van der Waals surface area contributed by atoms with E-state index in [4.69, 9.17) is 4.52 Å². The maximum absolute atomic E-state index is 13.0. The van der Waals surface area contributed by atoms with Gasteiger partial charge in [-0.25, -0.2) is 4.57 Å². The molecule has 2 atom stereocenters. The number of alkyl halides is 4. The molecule has 18 heavy (non-hydrogen) atoms. The van der Waals surface area contributed by atoms with Crippen molar-refractivity contribution >= 4 is 18.2 Å². The molecular weight excluding hydrogens is 295 g/mol. The molecule has 0 radical (unpaired) electrons. The summed E-state index contributed by atoms with van der Waals surface area (Å²) in [4.78, 5) is 0. The van der Waals surface area contributed by atoms with Crippen molar-refractivity contribution in [1.29, 1.82) is 0 Å². The first-order valence-electron chi connectivity index (χ1n) is 5.51. The molecule has 0 aliphatic heterocycles. The van der Waals surface area contributed by atoms with Gasteiger partial charge in [0.25, 0.3) is 0 Å². The molecule has 1 saturated carbocycles. The molecule has 108 valence electrons. The normalized spacial score (nSPS) is 28.4. The SMILES string of the molecule is CCCSP(=O)(OCC)OC1CC(F)(F)C1(F)F. The fraction of sp³-hybridized carbons (Fsp3) is 1.00. The Hall–Kier alpha value is 0.220. The summed E-state index contributed by atoms with van der Waals surface area (Å²) >= 11 is 0.760. The highest BCUT2D eigenvalue weighted by Crippen LogP contribution is 2.66. The summed E-state index contributed by atoms with van der Waals surface area (Å²) in [5.41, 5.74) is 0. The van der Waals surface area contributed by atoms with E-state index in [9.17, 15) is 22.1 Å². The van der Waals surface area contributed by atoms with Crippen LogP contribution in [0.2, 0.25) is 0 Å². The van der Waals surface area contributed by atoms with Crippen molar-refractivity contribution < 1.29 is 31.2 Å². The molecule has 0 aromatic rings. The lowest BCUT2D eigenvalue weighted by atomic mass is 9.86. The minimum Gasteiger partial charge on any atom is -0.301 e. The van der Waals surface area contributed by atoms with Gasteiger partial charge in [0, 0.05) is 5.75 Å². The van der Waals surface area contributed by atoms with Gasteiger partial charge in [0.1, 0.15) is 6.10 Å². The zero-order valence-corrected chi connectivity index (χ0v) is 11.7. The number of hydrogen-bond acceptors (Lipinski definition) is 4. The quantitative estimate of drug-likeness (QED) is 0.518. The Bertz CT molecular complexity index is 340. The molecule has 9 heteroatoms. The monoisotopic (exact) mass is 310 g/mol. The third kappa shape index (κ3) is 3.21. The molecule has 0 aromatic heterocycles. The van der Waals surface area contributed by atoms with Crippen LogP contribution in [0.15, 0.2) is 0 Å². The zero-order valence-electron chi connectivity index (χ0n) is 10.00. The van der Waals surface area contributed by atoms with Crippen LogP contribution in [0, 0.1) is 0 Å². The first kappa shape index (κ1) is 16.3. The largest absolute Gasteiger partial charge is 0.389 e.